The summed E-state index contributed by atoms with van der Waals surface area (Å²) in [6, 6.07) is 20.2. The predicted octanol–water partition coefficient (Wildman–Crippen LogP) is 5.15. The van der Waals surface area contributed by atoms with Crippen LogP contribution in [-0.2, 0) is 0 Å². The van der Waals surface area contributed by atoms with Crippen molar-refractivity contribution >= 4 is 11.9 Å². The fraction of sp³-hybridized carbons (Fsp3) is 0.143. The van der Waals surface area contributed by atoms with Crippen LogP contribution in [0.2, 0.25) is 0 Å². The molecular formula is C28H24N2O6. The van der Waals surface area contributed by atoms with Gasteiger partial charge < -0.3 is 18.9 Å². The van der Waals surface area contributed by atoms with Gasteiger partial charge in [-0.3, -0.25) is 9.97 Å². The van der Waals surface area contributed by atoms with Crippen molar-refractivity contribution in [1.82, 2.24) is 9.97 Å². The molecular weight excluding hydrogens is 460 g/mol. The van der Waals surface area contributed by atoms with Crippen LogP contribution in [0.25, 0.3) is 0 Å². The van der Waals surface area contributed by atoms with Crippen LogP contribution in [0.5, 0.6) is 23.0 Å². The van der Waals surface area contributed by atoms with Crippen molar-refractivity contribution in [2.75, 3.05) is 13.2 Å². The Kier molecular flexibility index (Phi) is 8.58. The SMILES string of the molecule is O=C(Oc1ccc(OCCCCOc2ccc(OC(=O)c3ccncc3)cc2)cc1)c1ccncc1. The molecule has 0 aliphatic carbocycles. The van der Waals surface area contributed by atoms with Crippen molar-refractivity contribution < 1.29 is 28.5 Å². The van der Waals surface area contributed by atoms with Gasteiger partial charge in [-0.05, 0) is 85.6 Å². The molecule has 2 heterocycles. The van der Waals surface area contributed by atoms with Crippen molar-refractivity contribution in [2.45, 2.75) is 12.8 Å². The molecule has 0 aliphatic rings. The molecule has 0 unspecified atom stereocenters. The third kappa shape index (κ3) is 7.39. The predicted molar refractivity (Wildman–Crippen MR) is 131 cm³/mol. The van der Waals surface area contributed by atoms with Gasteiger partial charge in [0.2, 0.25) is 0 Å². The first-order chi connectivity index (χ1) is 17.7. The molecule has 36 heavy (non-hydrogen) atoms. The molecule has 0 bridgehead atoms. The van der Waals surface area contributed by atoms with Gasteiger partial charge in [0.05, 0.1) is 24.3 Å². The van der Waals surface area contributed by atoms with E-state index in [1.165, 1.54) is 0 Å². The van der Waals surface area contributed by atoms with Gasteiger partial charge >= 0.3 is 11.9 Å². The first-order valence-corrected chi connectivity index (χ1v) is 11.4. The normalized spacial score (nSPS) is 10.3. The highest BCUT2D eigenvalue weighted by atomic mass is 16.5. The zero-order chi connectivity index (χ0) is 25.0. The van der Waals surface area contributed by atoms with E-state index < -0.39 is 11.9 Å². The summed E-state index contributed by atoms with van der Waals surface area (Å²) in [5.74, 6) is 1.39. The Labute approximate surface area is 208 Å². The highest BCUT2D eigenvalue weighted by molar-refractivity contribution is 5.91. The molecule has 2 aromatic heterocycles. The molecule has 8 heteroatoms. The van der Waals surface area contributed by atoms with Crippen LogP contribution in [0.15, 0.2) is 97.6 Å². The van der Waals surface area contributed by atoms with Crippen LogP contribution in [0, 0.1) is 0 Å². The van der Waals surface area contributed by atoms with Gasteiger partial charge in [-0.15, -0.1) is 0 Å². The van der Waals surface area contributed by atoms with E-state index in [9.17, 15) is 9.59 Å². The summed E-state index contributed by atoms with van der Waals surface area (Å²) >= 11 is 0. The molecule has 0 aliphatic heterocycles. The third-order valence-corrected chi connectivity index (χ3v) is 4.98. The van der Waals surface area contributed by atoms with Gasteiger partial charge in [-0.1, -0.05) is 0 Å². The van der Waals surface area contributed by atoms with Crippen molar-refractivity contribution in [1.29, 1.82) is 0 Å². The second-order valence-electron chi connectivity index (χ2n) is 7.60. The van der Waals surface area contributed by atoms with E-state index in [0.29, 0.717) is 47.3 Å². The van der Waals surface area contributed by atoms with Crippen molar-refractivity contribution in [3.05, 3.63) is 109 Å². The van der Waals surface area contributed by atoms with Crippen LogP contribution in [0.4, 0.5) is 0 Å². The molecule has 0 saturated carbocycles. The molecule has 0 fully saturated rings. The minimum absolute atomic E-state index is 0.438. The van der Waals surface area contributed by atoms with E-state index in [-0.39, 0.29) is 0 Å². The molecule has 0 N–H and O–H groups in total. The first kappa shape index (κ1) is 24.4. The number of hydrogen-bond donors (Lipinski definition) is 0. The molecule has 0 saturated heterocycles. The highest BCUT2D eigenvalue weighted by Gasteiger charge is 2.09. The number of esters is 2. The van der Waals surface area contributed by atoms with E-state index in [1.54, 1.807) is 97.6 Å². The largest absolute Gasteiger partial charge is 0.494 e. The lowest BCUT2D eigenvalue weighted by molar-refractivity contribution is 0.0725. The summed E-state index contributed by atoms with van der Waals surface area (Å²) < 4.78 is 22.1. The summed E-state index contributed by atoms with van der Waals surface area (Å²) in [6.45, 7) is 1.06. The molecule has 2 aromatic carbocycles. The number of pyridine rings is 2. The number of nitrogens with zero attached hydrogens (tertiary/aromatic N) is 2. The molecule has 0 radical (unpaired) electrons. The summed E-state index contributed by atoms with van der Waals surface area (Å²) in [4.78, 5) is 31.9. The lowest BCUT2D eigenvalue weighted by Crippen LogP contribution is -2.08. The van der Waals surface area contributed by atoms with Gasteiger partial charge in [-0.25, -0.2) is 9.59 Å². The number of rotatable bonds is 11. The zero-order valence-electron chi connectivity index (χ0n) is 19.4. The Hall–Kier alpha value is -4.72. The van der Waals surface area contributed by atoms with E-state index in [1.807, 2.05) is 0 Å². The van der Waals surface area contributed by atoms with Crippen molar-refractivity contribution in [2.24, 2.45) is 0 Å². The molecule has 8 nitrogen and oxygen atoms in total. The first-order valence-electron chi connectivity index (χ1n) is 11.4. The van der Waals surface area contributed by atoms with E-state index in [0.717, 1.165) is 12.8 Å². The topological polar surface area (TPSA) is 96.8 Å². The number of benzene rings is 2. The summed E-state index contributed by atoms with van der Waals surface area (Å²) in [6.07, 6.45) is 7.77. The number of carbonyl (C=O) groups excluding carboxylic acids is 2. The van der Waals surface area contributed by atoms with Crippen LogP contribution < -0.4 is 18.9 Å². The smallest absolute Gasteiger partial charge is 0.343 e. The number of hydrogen-bond acceptors (Lipinski definition) is 8. The highest BCUT2D eigenvalue weighted by Crippen LogP contribution is 2.20. The molecule has 4 aromatic rings. The van der Waals surface area contributed by atoms with E-state index in [4.69, 9.17) is 18.9 Å². The lowest BCUT2D eigenvalue weighted by Gasteiger charge is -2.09. The zero-order valence-corrected chi connectivity index (χ0v) is 19.4. The van der Waals surface area contributed by atoms with Crippen molar-refractivity contribution in [3.8, 4) is 23.0 Å². The van der Waals surface area contributed by atoms with Crippen LogP contribution in [0.1, 0.15) is 33.6 Å². The van der Waals surface area contributed by atoms with E-state index >= 15 is 0 Å². The standard InChI is InChI=1S/C28H24N2O6/c31-27(21-11-15-29-16-12-21)35-25-7-3-23(4-8-25)33-19-1-2-20-34-24-5-9-26(10-6-24)36-28(32)22-13-17-30-18-14-22/h3-18H,1-2,19-20H2. The average Bonchev–Trinajstić information content (AvgIpc) is 2.93. The fourth-order valence-electron chi connectivity index (χ4n) is 3.10. The fourth-order valence-corrected chi connectivity index (χ4v) is 3.10. The summed E-state index contributed by atoms with van der Waals surface area (Å²) in [7, 11) is 0. The second-order valence-corrected chi connectivity index (χ2v) is 7.60. The Balaban J connectivity index is 1.11. The monoisotopic (exact) mass is 484 g/mol. The molecule has 0 atom stereocenters. The van der Waals surface area contributed by atoms with E-state index in [2.05, 4.69) is 9.97 Å². The van der Waals surface area contributed by atoms with Gasteiger partial charge in [0.25, 0.3) is 0 Å². The summed E-state index contributed by atoms with van der Waals surface area (Å²) in [5.41, 5.74) is 0.876. The Morgan fingerprint density at radius 1 is 0.500 bits per heavy atom. The van der Waals surface area contributed by atoms with Gasteiger partial charge in [0.15, 0.2) is 0 Å². The van der Waals surface area contributed by atoms with Crippen LogP contribution in [0.3, 0.4) is 0 Å². The number of carbonyl (C=O) groups is 2. The number of ether oxygens (including phenoxy) is 4. The minimum Gasteiger partial charge on any atom is -0.494 e. The molecule has 0 spiro atoms. The lowest BCUT2D eigenvalue weighted by atomic mass is 10.2. The quantitative estimate of drug-likeness (QED) is 0.164. The Morgan fingerprint density at radius 3 is 1.19 bits per heavy atom. The maximum Gasteiger partial charge on any atom is 0.343 e. The van der Waals surface area contributed by atoms with Crippen molar-refractivity contribution in [3.63, 3.8) is 0 Å². The van der Waals surface area contributed by atoms with Gasteiger partial charge in [-0.2, -0.15) is 0 Å². The number of aromatic nitrogens is 2. The van der Waals surface area contributed by atoms with Crippen LogP contribution in [-0.4, -0.2) is 35.1 Å². The minimum atomic E-state index is -0.438. The Bertz CT molecular complexity index is 1150. The Morgan fingerprint density at radius 2 is 0.833 bits per heavy atom. The molecule has 182 valence electrons. The second kappa shape index (κ2) is 12.7. The average molecular weight is 485 g/mol. The number of unbranched alkanes of at least 4 members (excludes halogenated alkanes) is 1. The van der Waals surface area contributed by atoms with Crippen LogP contribution >= 0.6 is 0 Å². The third-order valence-electron chi connectivity index (χ3n) is 4.98. The van der Waals surface area contributed by atoms with Gasteiger partial charge in [0.1, 0.15) is 23.0 Å². The maximum atomic E-state index is 12.1. The molecule has 0 amide bonds. The maximum absolute atomic E-state index is 12.1. The van der Waals surface area contributed by atoms with Gasteiger partial charge in [0, 0.05) is 24.8 Å². The molecule has 4 rings (SSSR count). The summed E-state index contributed by atoms with van der Waals surface area (Å²) in [5, 5.41) is 0.